The first-order valence-electron chi connectivity index (χ1n) is 6.94. The van der Waals surface area contributed by atoms with Gasteiger partial charge in [-0.3, -0.25) is 4.79 Å². The fourth-order valence-electron chi connectivity index (χ4n) is 2.03. The van der Waals surface area contributed by atoms with E-state index >= 15 is 0 Å². The largest absolute Gasteiger partial charge is 0.386 e. The summed E-state index contributed by atoms with van der Waals surface area (Å²) >= 11 is 10.8. The van der Waals surface area contributed by atoms with Crippen LogP contribution in [0.25, 0.3) is 11.3 Å². The molecule has 1 aromatic heterocycles. The molecule has 9 heteroatoms. The minimum Gasteiger partial charge on any atom is -0.386 e. The van der Waals surface area contributed by atoms with Crippen LogP contribution in [0.2, 0.25) is 0 Å². The third-order valence-electron chi connectivity index (χ3n) is 3.31. The molecule has 128 valence electrons. The van der Waals surface area contributed by atoms with Crippen molar-refractivity contribution in [3.63, 3.8) is 0 Å². The number of aliphatic hydroxyl groups is 1. The van der Waals surface area contributed by atoms with E-state index in [0.29, 0.717) is 17.1 Å². The van der Waals surface area contributed by atoms with Crippen LogP contribution in [0.5, 0.6) is 0 Å². The molecule has 2 rings (SSSR count). The number of aromatic nitrogens is 2. The molecule has 0 bridgehead atoms. The standard InChI is InChI=1S/C15H15Cl2FN4O2/c16-14(17)15(24)20-11(7-18)13(23)9-3-1-8(2-4-9)10-5-6-12(19)22-21-10/h1-6,11,13-14,23H,7H2,(H2,19,22)(H,20,24). The fourth-order valence-corrected chi connectivity index (χ4v) is 2.15. The van der Waals surface area contributed by atoms with Crippen molar-refractivity contribution >= 4 is 34.9 Å². The van der Waals surface area contributed by atoms with E-state index in [1.165, 1.54) is 0 Å². The van der Waals surface area contributed by atoms with Crippen molar-refractivity contribution in [1.29, 1.82) is 0 Å². The zero-order valence-corrected chi connectivity index (χ0v) is 13.9. The Kier molecular flexibility index (Phi) is 6.30. The molecular formula is C15H15Cl2FN4O2. The Labute approximate surface area is 147 Å². The van der Waals surface area contributed by atoms with Gasteiger partial charge in [-0.05, 0) is 17.7 Å². The van der Waals surface area contributed by atoms with Gasteiger partial charge in [0.1, 0.15) is 18.6 Å². The van der Waals surface area contributed by atoms with Crippen LogP contribution in [-0.2, 0) is 4.79 Å². The summed E-state index contributed by atoms with van der Waals surface area (Å²) in [4.78, 5) is 10.1. The van der Waals surface area contributed by atoms with E-state index in [-0.39, 0.29) is 0 Å². The van der Waals surface area contributed by atoms with Crippen molar-refractivity contribution in [3.05, 3.63) is 42.0 Å². The van der Waals surface area contributed by atoms with E-state index in [2.05, 4.69) is 15.5 Å². The molecule has 2 unspecified atom stereocenters. The van der Waals surface area contributed by atoms with Crippen molar-refractivity contribution in [3.8, 4) is 11.3 Å². The molecule has 2 aromatic rings. The van der Waals surface area contributed by atoms with Gasteiger partial charge in [0.05, 0.1) is 11.7 Å². The Morgan fingerprint density at radius 2 is 1.88 bits per heavy atom. The average Bonchev–Trinajstić information content (AvgIpc) is 2.59. The molecule has 0 spiro atoms. The highest BCUT2D eigenvalue weighted by Crippen LogP contribution is 2.23. The second kappa shape index (κ2) is 8.23. The molecule has 1 amide bonds. The number of carbonyl (C=O) groups excluding carboxylic acids is 1. The summed E-state index contributed by atoms with van der Waals surface area (Å²) in [6.45, 7) is -0.974. The first-order valence-corrected chi connectivity index (χ1v) is 7.81. The van der Waals surface area contributed by atoms with Crippen LogP contribution < -0.4 is 11.1 Å². The van der Waals surface area contributed by atoms with Gasteiger partial charge in [0.15, 0.2) is 4.84 Å². The number of alkyl halides is 3. The molecule has 0 aliphatic heterocycles. The molecule has 1 aromatic carbocycles. The molecule has 0 saturated heterocycles. The second-order valence-corrected chi connectivity index (χ2v) is 6.08. The minimum atomic E-state index is -1.34. The molecule has 6 nitrogen and oxygen atoms in total. The summed E-state index contributed by atoms with van der Waals surface area (Å²) in [5, 5.41) is 20.2. The molecule has 4 N–H and O–H groups in total. The Morgan fingerprint density at radius 1 is 1.21 bits per heavy atom. The van der Waals surface area contributed by atoms with Crippen molar-refractivity contribution in [2.24, 2.45) is 0 Å². The van der Waals surface area contributed by atoms with Gasteiger partial charge >= 0.3 is 0 Å². The van der Waals surface area contributed by atoms with Gasteiger partial charge in [-0.2, -0.15) is 0 Å². The maximum absolute atomic E-state index is 13.1. The Bertz CT molecular complexity index is 683. The number of anilines is 1. The van der Waals surface area contributed by atoms with Gasteiger partial charge < -0.3 is 16.2 Å². The maximum Gasteiger partial charge on any atom is 0.253 e. The summed E-state index contributed by atoms with van der Waals surface area (Å²) < 4.78 is 13.1. The summed E-state index contributed by atoms with van der Waals surface area (Å²) in [6, 6.07) is 8.77. The van der Waals surface area contributed by atoms with Gasteiger partial charge in [-0.25, -0.2) is 4.39 Å². The van der Waals surface area contributed by atoms with Crippen LogP contribution >= 0.6 is 23.2 Å². The molecule has 0 aliphatic rings. The molecule has 2 atom stereocenters. The average molecular weight is 373 g/mol. The molecular weight excluding hydrogens is 358 g/mol. The monoisotopic (exact) mass is 372 g/mol. The first-order chi connectivity index (χ1) is 11.4. The highest BCUT2D eigenvalue weighted by molar-refractivity contribution is 6.53. The molecule has 24 heavy (non-hydrogen) atoms. The lowest BCUT2D eigenvalue weighted by molar-refractivity contribution is -0.121. The van der Waals surface area contributed by atoms with Crippen LogP contribution in [0.3, 0.4) is 0 Å². The van der Waals surface area contributed by atoms with Crippen molar-refractivity contribution in [2.75, 3.05) is 12.4 Å². The van der Waals surface area contributed by atoms with E-state index in [0.717, 1.165) is 5.56 Å². The van der Waals surface area contributed by atoms with Gasteiger partial charge in [0, 0.05) is 5.56 Å². The van der Waals surface area contributed by atoms with Crippen LogP contribution in [0.4, 0.5) is 10.2 Å². The number of nitrogen functional groups attached to an aromatic ring is 1. The van der Waals surface area contributed by atoms with Gasteiger partial charge in [0.2, 0.25) is 0 Å². The van der Waals surface area contributed by atoms with E-state index in [1.54, 1.807) is 36.4 Å². The molecule has 1 heterocycles. The van der Waals surface area contributed by atoms with Crippen LogP contribution in [-0.4, -0.2) is 38.8 Å². The number of nitrogens with zero attached hydrogens (tertiary/aromatic N) is 2. The highest BCUT2D eigenvalue weighted by atomic mass is 35.5. The summed E-state index contributed by atoms with van der Waals surface area (Å²) in [5.74, 6) is -0.460. The van der Waals surface area contributed by atoms with E-state index in [1.807, 2.05) is 0 Å². The molecule has 0 aliphatic carbocycles. The Hall–Kier alpha value is -1.96. The Balaban J connectivity index is 2.13. The van der Waals surface area contributed by atoms with Crippen molar-refractivity contribution in [2.45, 2.75) is 17.0 Å². The zero-order valence-electron chi connectivity index (χ0n) is 12.4. The normalized spacial score (nSPS) is 13.5. The van der Waals surface area contributed by atoms with E-state index in [4.69, 9.17) is 28.9 Å². The predicted molar refractivity (Wildman–Crippen MR) is 90.2 cm³/mol. The number of amides is 1. The van der Waals surface area contributed by atoms with Crippen molar-refractivity contribution < 1.29 is 14.3 Å². The summed E-state index contributed by atoms with van der Waals surface area (Å²) in [6.07, 6.45) is -1.25. The predicted octanol–water partition coefficient (Wildman–Crippen LogP) is 2.02. The van der Waals surface area contributed by atoms with E-state index in [9.17, 15) is 14.3 Å². The quantitative estimate of drug-likeness (QED) is 0.673. The Morgan fingerprint density at radius 3 is 2.38 bits per heavy atom. The molecule has 0 fully saturated rings. The zero-order chi connectivity index (χ0) is 17.7. The van der Waals surface area contributed by atoms with Crippen molar-refractivity contribution in [1.82, 2.24) is 15.5 Å². The summed E-state index contributed by atoms with van der Waals surface area (Å²) in [5.41, 5.74) is 7.26. The van der Waals surface area contributed by atoms with Crippen LogP contribution in [0, 0.1) is 0 Å². The first kappa shape index (κ1) is 18.4. The number of nitrogens with one attached hydrogen (secondary N) is 1. The number of hydrogen-bond acceptors (Lipinski definition) is 5. The minimum absolute atomic E-state index is 0.309. The number of rotatable bonds is 6. The number of hydrogen-bond donors (Lipinski definition) is 3. The SMILES string of the molecule is Nc1ccc(-c2ccc(C(O)C(CF)NC(=O)C(Cl)Cl)cc2)nn1. The third kappa shape index (κ3) is 4.53. The highest BCUT2D eigenvalue weighted by Gasteiger charge is 2.25. The summed E-state index contributed by atoms with van der Waals surface area (Å²) in [7, 11) is 0. The second-order valence-electron chi connectivity index (χ2n) is 4.98. The van der Waals surface area contributed by atoms with Gasteiger partial charge in [0.25, 0.3) is 5.91 Å². The topological polar surface area (TPSA) is 101 Å². The number of nitrogens with two attached hydrogens (primary N) is 1. The van der Waals surface area contributed by atoms with Gasteiger partial charge in [-0.15, -0.1) is 10.2 Å². The van der Waals surface area contributed by atoms with Gasteiger partial charge in [-0.1, -0.05) is 47.5 Å². The lowest BCUT2D eigenvalue weighted by Crippen LogP contribution is -2.43. The lowest BCUT2D eigenvalue weighted by atomic mass is 10.0. The fraction of sp³-hybridized carbons (Fsp3) is 0.267. The third-order valence-corrected chi connectivity index (χ3v) is 3.70. The number of benzene rings is 1. The maximum atomic E-state index is 13.1. The number of aliphatic hydroxyl groups excluding tert-OH is 1. The number of halogens is 3. The smallest absolute Gasteiger partial charge is 0.253 e. The molecule has 0 radical (unpaired) electrons. The molecule has 0 saturated carbocycles. The van der Waals surface area contributed by atoms with Crippen LogP contribution in [0.1, 0.15) is 11.7 Å². The van der Waals surface area contributed by atoms with Crippen LogP contribution in [0.15, 0.2) is 36.4 Å². The van der Waals surface area contributed by atoms with E-state index < -0.39 is 29.6 Å². The number of carbonyl (C=O) groups is 1. The lowest BCUT2D eigenvalue weighted by Gasteiger charge is -2.22.